The molecule has 0 aromatic carbocycles. The van der Waals surface area contributed by atoms with Crippen LogP contribution in [0.2, 0.25) is 6.32 Å². The van der Waals surface area contributed by atoms with Crippen molar-refractivity contribution in [2.45, 2.75) is 31.2 Å². The first-order valence-corrected chi connectivity index (χ1v) is 3.94. The second-order valence-electron chi connectivity index (χ2n) is 3.62. The predicted molar refractivity (Wildman–Crippen MR) is 37.6 cm³/mol. The Morgan fingerprint density at radius 2 is 1.71 bits per heavy atom. The minimum absolute atomic E-state index is 0. The average Bonchev–Trinajstić information content (AvgIpc) is 1.79. The SMILES string of the molecule is OC1(C(F)F)CC(C[B-](F)(F)F)C1.[K+]. The third-order valence-corrected chi connectivity index (χ3v) is 2.29. The van der Waals surface area contributed by atoms with E-state index >= 15 is 0 Å². The van der Waals surface area contributed by atoms with Gasteiger partial charge in [-0.05, 0) is 12.8 Å². The van der Waals surface area contributed by atoms with E-state index in [-0.39, 0.29) is 51.4 Å². The summed E-state index contributed by atoms with van der Waals surface area (Å²) in [7, 11) is 0. The summed E-state index contributed by atoms with van der Waals surface area (Å²) in [5.41, 5.74) is -2.16. The Bertz CT molecular complexity index is 191. The van der Waals surface area contributed by atoms with Crippen molar-refractivity contribution in [3.05, 3.63) is 0 Å². The van der Waals surface area contributed by atoms with E-state index in [9.17, 15) is 21.7 Å². The molecule has 1 fully saturated rings. The molecule has 78 valence electrons. The molecule has 1 N–H and O–H groups in total. The summed E-state index contributed by atoms with van der Waals surface area (Å²) < 4.78 is 59.2. The van der Waals surface area contributed by atoms with Crippen LogP contribution in [0.4, 0.5) is 21.7 Å². The van der Waals surface area contributed by atoms with Crippen molar-refractivity contribution in [2.24, 2.45) is 5.92 Å². The monoisotopic (exact) mass is 242 g/mol. The van der Waals surface area contributed by atoms with Crippen LogP contribution in [0.1, 0.15) is 12.8 Å². The molecule has 0 spiro atoms. The van der Waals surface area contributed by atoms with Crippen molar-refractivity contribution in [1.29, 1.82) is 0 Å². The minimum atomic E-state index is -4.92. The van der Waals surface area contributed by atoms with Crippen LogP contribution in [0.5, 0.6) is 0 Å². The van der Waals surface area contributed by atoms with Gasteiger partial charge in [-0.2, -0.15) is 0 Å². The maximum atomic E-state index is 11.9. The minimum Gasteiger partial charge on any atom is -0.449 e. The molecule has 0 heterocycles. The molecule has 1 saturated carbocycles. The van der Waals surface area contributed by atoms with Crippen molar-refractivity contribution in [1.82, 2.24) is 0 Å². The summed E-state index contributed by atoms with van der Waals surface area (Å²) in [6.45, 7) is -4.92. The zero-order chi connectivity index (χ0) is 10.3. The van der Waals surface area contributed by atoms with Crippen LogP contribution in [-0.4, -0.2) is 24.1 Å². The quantitative estimate of drug-likeness (QED) is 0.509. The molecule has 0 aromatic heterocycles. The first kappa shape index (κ1) is 15.3. The second kappa shape index (κ2) is 5.09. The largest absolute Gasteiger partial charge is 1.00 e. The molecule has 14 heavy (non-hydrogen) atoms. The van der Waals surface area contributed by atoms with Crippen LogP contribution < -0.4 is 51.4 Å². The Morgan fingerprint density at radius 3 is 2.00 bits per heavy atom. The van der Waals surface area contributed by atoms with E-state index in [4.69, 9.17) is 5.11 Å². The predicted octanol–water partition coefficient (Wildman–Crippen LogP) is -0.756. The van der Waals surface area contributed by atoms with Crippen LogP contribution in [0, 0.1) is 5.92 Å². The fraction of sp³-hybridized carbons (Fsp3) is 1.00. The van der Waals surface area contributed by atoms with Crippen LogP contribution in [0.15, 0.2) is 0 Å². The third kappa shape index (κ3) is 4.05. The average molecular weight is 242 g/mol. The smallest absolute Gasteiger partial charge is 0.449 e. The van der Waals surface area contributed by atoms with Gasteiger partial charge in [0.05, 0.1) is 0 Å². The number of halogens is 5. The molecule has 0 bridgehead atoms. The Hall–Kier alpha value is 1.31. The fourth-order valence-corrected chi connectivity index (χ4v) is 1.66. The van der Waals surface area contributed by atoms with E-state index in [0.717, 1.165) is 0 Å². The van der Waals surface area contributed by atoms with Crippen molar-refractivity contribution in [2.75, 3.05) is 0 Å². The molecule has 0 saturated heterocycles. The Kier molecular flexibility index (Phi) is 5.57. The molecular formula is C6H9BF5KO. The Balaban J connectivity index is 0.00000169. The van der Waals surface area contributed by atoms with E-state index in [2.05, 4.69) is 0 Å². The van der Waals surface area contributed by atoms with Gasteiger partial charge in [0.25, 0.3) is 6.43 Å². The fourth-order valence-electron chi connectivity index (χ4n) is 1.66. The van der Waals surface area contributed by atoms with Gasteiger partial charge in [0.2, 0.25) is 0 Å². The summed E-state index contributed by atoms with van der Waals surface area (Å²) in [6, 6.07) is 0. The number of hydrogen-bond donors (Lipinski definition) is 1. The number of hydrogen-bond acceptors (Lipinski definition) is 1. The molecule has 0 unspecified atom stereocenters. The normalized spacial score (nSPS) is 32.4. The van der Waals surface area contributed by atoms with Gasteiger partial charge in [-0.1, -0.05) is 12.2 Å². The standard InChI is InChI=1S/C6H9BF5O.K/c8-5(9)6(13)1-4(2-6)3-7(10,11)12;/h4-5,13H,1-3H2;/q-1;+1. The second-order valence-corrected chi connectivity index (χ2v) is 3.62. The Morgan fingerprint density at radius 1 is 1.29 bits per heavy atom. The van der Waals surface area contributed by atoms with Gasteiger partial charge in [0.1, 0.15) is 5.60 Å². The molecule has 0 radical (unpaired) electrons. The molecule has 8 heteroatoms. The van der Waals surface area contributed by atoms with Gasteiger partial charge in [-0.3, -0.25) is 0 Å². The van der Waals surface area contributed by atoms with Crippen LogP contribution in [-0.2, 0) is 0 Å². The summed E-state index contributed by atoms with van der Waals surface area (Å²) in [5, 5.41) is 8.94. The molecule has 0 amide bonds. The Labute approximate surface area is 121 Å². The molecular weight excluding hydrogens is 233 g/mol. The van der Waals surface area contributed by atoms with E-state index in [1.165, 1.54) is 0 Å². The number of alkyl halides is 2. The van der Waals surface area contributed by atoms with Crippen molar-refractivity contribution in [3.8, 4) is 0 Å². The molecule has 1 aliphatic rings. The molecule has 0 aromatic rings. The molecule has 0 atom stereocenters. The van der Waals surface area contributed by atoms with Gasteiger partial charge in [0, 0.05) is 0 Å². The maximum absolute atomic E-state index is 11.9. The first-order valence-electron chi connectivity index (χ1n) is 3.94. The van der Waals surface area contributed by atoms with Crippen LogP contribution >= 0.6 is 0 Å². The molecule has 1 aliphatic carbocycles. The van der Waals surface area contributed by atoms with Gasteiger partial charge in [0.15, 0.2) is 0 Å². The van der Waals surface area contributed by atoms with Crippen molar-refractivity contribution in [3.63, 3.8) is 0 Å². The van der Waals surface area contributed by atoms with Gasteiger partial charge in [-0.15, -0.1) is 0 Å². The third-order valence-electron chi connectivity index (χ3n) is 2.29. The molecule has 0 aliphatic heterocycles. The van der Waals surface area contributed by atoms with E-state index in [1.54, 1.807) is 0 Å². The number of aliphatic hydroxyl groups is 1. The van der Waals surface area contributed by atoms with Crippen LogP contribution in [0.3, 0.4) is 0 Å². The summed E-state index contributed by atoms with van der Waals surface area (Å²) in [4.78, 5) is 0. The first-order chi connectivity index (χ1) is 5.73. The maximum Gasteiger partial charge on any atom is 1.00 e. The zero-order valence-electron chi connectivity index (χ0n) is 7.69. The zero-order valence-corrected chi connectivity index (χ0v) is 10.8. The van der Waals surface area contributed by atoms with Gasteiger partial charge >= 0.3 is 58.4 Å². The summed E-state index contributed by atoms with van der Waals surface area (Å²) in [5.74, 6) is -0.820. The van der Waals surface area contributed by atoms with Gasteiger partial charge < -0.3 is 18.1 Å². The van der Waals surface area contributed by atoms with Gasteiger partial charge in [-0.25, -0.2) is 8.78 Å². The van der Waals surface area contributed by atoms with Crippen molar-refractivity contribution < 1.29 is 78.2 Å². The van der Waals surface area contributed by atoms with Crippen LogP contribution in [0.25, 0.3) is 0 Å². The molecule has 1 nitrogen and oxygen atoms in total. The molecule has 1 rings (SSSR count). The number of rotatable bonds is 3. The summed E-state index contributed by atoms with van der Waals surface area (Å²) in [6.07, 6.45) is -4.84. The van der Waals surface area contributed by atoms with E-state index in [0.29, 0.717) is 0 Å². The topological polar surface area (TPSA) is 20.2 Å². The van der Waals surface area contributed by atoms with E-state index < -0.39 is 44.1 Å². The van der Waals surface area contributed by atoms with E-state index in [1.807, 2.05) is 0 Å². The summed E-state index contributed by atoms with van der Waals surface area (Å²) >= 11 is 0. The van der Waals surface area contributed by atoms with Crippen molar-refractivity contribution >= 4 is 6.98 Å².